The minimum atomic E-state index is 0.757. The second-order valence-corrected chi connectivity index (χ2v) is 5.17. The fourth-order valence-electron chi connectivity index (χ4n) is 2.51. The van der Waals surface area contributed by atoms with Gasteiger partial charge >= 0.3 is 0 Å². The topological polar surface area (TPSA) is 34.4 Å². The van der Waals surface area contributed by atoms with Crippen LogP contribution in [0.25, 0.3) is 21.9 Å². The molecular weight excluding hydrogens is 262 g/mol. The quantitative estimate of drug-likeness (QED) is 0.654. The summed E-state index contributed by atoms with van der Waals surface area (Å²) in [5, 5.41) is 5.58. The van der Waals surface area contributed by atoms with E-state index in [0.717, 1.165) is 60.2 Å². The van der Waals surface area contributed by atoms with Gasteiger partial charge in [-0.1, -0.05) is 25.1 Å². The summed E-state index contributed by atoms with van der Waals surface area (Å²) in [5.74, 6) is 0.914. The molecule has 0 aliphatic heterocycles. The Kier molecular flexibility index (Phi) is 4.41. The zero-order valence-electron chi connectivity index (χ0n) is 12.4. The van der Waals surface area contributed by atoms with E-state index >= 15 is 0 Å². The minimum Gasteiger partial charge on any atom is -0.494 e. The highest BCUT2D eigenvalue weighted by Crippen LogP contribution is 2.31. The molecule has 0 radical (unpaired) electrons. The summed E-state index contributed by atoms with van der Waals surface area (Å²) in [7, 11) is 0. The molecule has 0 atom stereocenters. The van der Waals surface area contributed by atoms with E-state index in [0.29, 0.717) is 0 Å². The van der Waals surface area contributed by atoms with E-state index in [9.17, 15) is 0 Å². The van der Waals surface area contributed by atoms with Crippen LogP contribution in [0, 0.1) is 0 Å². The number of unbranched alkanes of at least 4 members (excludes halogenated alkanes) is 1. The second-order valence-electron chi connectivity index (χ2n) is 5.17. The van der Waals surface area contributed by atoms with Gasteiger partial charge in [0.25, 0.3) is 0 Å². The normalized spacial score (nSPS) is 11.3. The number of fused-ring (bicyclic) bond motifs is 3. The van der Waals surface area contributed by atoms with Gasteiger partial charge in [-0.15, -0.1) is 0 Å². The van der Waals surface area contributed by atoms with Gasteiger partial charge in [0.2, 0.25) is 0 Å². The number of benzene rings is 2. The number of nitrogens with one attached hydrogen (secondary N) is 1. The summed E-state index contributed by atoms with van der Waals surface area (Å²) < 4.78 is 11.7. The fraction of sp³-hybridized carbons (Fsp3) is 0.333. The molecule has 1 aromatic heterocycles. The van der Waals surface area contributed by atoms with E-state index < -0.39 is 0 Å². The largest absolute Gasteiger partial charge is 0.494 e. The molecule has 110 valence electrons. The lowest BCUT2D eigenvalue weighted by atomic mass is 10.1. The van der Waals surface area contributed by atoms with Gasteiger partial charge in [0.1, 0.15) is 16.9 Å². The highest BCUT2D eigenvalue weighted by Gasteiger charge is 2.07. The van der Waals surface area contributed by atoms with Crippen molar-refractivity contribution in [3.63, 3.8) is 0 Å². The molecule has 0 bridgehead atoms. The van der Waals surface area contributed by atoms with Crippen LogP contribution in [-0.2, 0) is 0 Å². The lowest BCUT2D eigenvalue weighted by Crippen LogP contribution is -2.14. The monoisotopic (exact) mass is 283 g/mol. The Labute approximate surface area is 124 Å². The number of para-hydroxylation sites is 1. The highest BCUT2D eigenvalue weighted by molar-refractivity contribution is 6.05. The molecule has 0 saturated carbocycles. The molecule has 0 amide bonds. The molecule has 0 aliphatic rings. The summed E-state index contributed by atoms with van der Waals surface area (Å²) in [6.45, 7) is 4.98. The van der Waals surface area contributed by atoms with Gasteiger partial charge in [-0.2, -0.15) is 0 Å². The summed E-state index contributed by atoms with van der Waals surface area (Å²) >= 11 is 0. The van der Waals surface area contributed by atoms with Crippen molar-refractivity contribution in [1.82, 2.24) is 5.32 Å². The smallest absolute Gasteiger partial charge is 0.135 e. The number of hydrogen-bond donors (Lipinski definition) is 1. The summed E-state index contributed by atoms with van der Waals surface area (Å²) in [5.41, 5.74) is 1.84. The van der Waals surface area contributed by atoms with Crippen LogP contribution in [0.5, 0.6) is 5.75 Å². The van der Waals surface area contributed by atoms with Gasteiger partial charge in [0.05, 0.1) is 6.61 Å². The third kappa shape index (κ3) is 3.19. The molecule has 3 heteroatoms. The van der Waals surface area contributed by atoms with Gasteiger partial charge < -0.3 is 14.5 Å². The van der Waals surface area contributed by atoms with Crippen molar-refractivity contribution in [2.45, 2.75) is 19.8 Å². The van der Waals surface area contributed by atoms with Gasteiger partial charge in [0, 0.05) is 10.8 Å². The third-order valence-electron chi connectivity index (χ3n) is 3.61. The Bertz CT molecular complexity index is 717. The Morgan fingerprint density at radius 3 is 2.76 bits per heavy atom. The molecular formula is C18H21NO2. The Hall–Kier alpha value is -2.00. The lowest BCUT2D eigenvalue weighted by molar-refractivity contribution is 0.306. The Morgan fingerprint density at radius 1 is 1.00 bits per heavy atom. The molecule has 0 unspecified atom stereocenters. The lowest BCUT2D eigenvalue weighted by Gasteiger charge is -2.06. The van der Waals surface area contributed by atoms with Crippen LogP contribution in [0.3, 0.4) is 0 Å². The average molecular weight is 283 g/mol. The van der Waals surface area contributed by atoms with Gasteiger partial charge in [-0.05, 0) is 50.2 Å². The van der Waals surface area contributed by atoms with E-state index in [-0.39, 0.29) is 0 Å². The number of rotatable bonds is 7. The maximum atomic E-state index is 5.84. The van der Waals surface area contributed by atoms with Gasteiger partial charge in [0.15, 0.2) is 0 Å². The second kappa shape index (κ2) is 6.64. The first-order valence-electron chi connectivity index (χ1n) is 7.63. The van der Waals surface area contributed by atoms with Crippen LogP contribution in [-0.4, -0.2) is 19.7 Å². The van der Waals surface area contributed by atoms with E-state index in [1.165, 1.54) is 0 Å². The highest BCUT2D eigenvalue weighted by atomic mass is 16.5. The zero-order valence-corrected chi connectivity index (χ0v) is 12.4. The van der Waals surface area contributed by atoms with Crippen LogP contribution >= 0.6 is 0 Å². The van der Waals surface area contributed by atoms with Crippen molar-refractivity contribution in [1.29, 1.82) is 0 Å². The summed E-state index contributed by atoms with van der Waals surface area (Å²) in [6.07, 6.45) is 2.21. The average Bonchev–Trinajstić information content (AvgIpc) is 2.89. The van der Waals surface area contributed by atoms with E-state index in [4.69, 9.17) is 9.15 Å². The molecule has 0 fully saturated rings. The maximum Gasteiger partial charge on any atom is 0.135 e. The molecule has 3 nitrogen and oxygen atoms in total. The molecule has 3 aromatic rings. The molecule has 0 aliphatic carbocycles. The van der Waals surface area contributed by atoms with Gasteiger partial charge in [-0.25, -0.2) is 0 Å². The number of hydrogen-bond acceptors (Lipinski definition) is 3. The number of furan rings is 1. The Morgan fingerprint density at radius 2 is 1.86 bits per heavy atom. The van der Waals surface area contributed by atoms with Crippen molar-refractivity contribution in [3.05, 3.63) is 42.5 Å². The standard InChI is InChI=1S/C18H21NO2/c1-2-19-11-5-6-12-20-14-9-10-18-16(13-14)15-7-3-4-8-17(15)21-18/h3-4,7-10,13,19H,2,5-6,11-12H2,1H3. The van der Waals surface area contributed by atoms with E-state index in [1.807, 2.05) is 30.3 Å². The molecule has 0 spiro atoms. The van der Waals surface area contributed by atoms with Gasteiger partial charge in [-0.3, -0.25) is 0 Å². The van der Waals surface area contributed by atoms with Crippen LogP contribution in [0.15, 0.2) is 46.9 Å². The Balaban J connectivity index is 1.68. The molecule has 1 N–H and O–H groups in total. The molecule has 3 rings (SSSR count). The van der Waals surface area contributed by atoms with E-state index in [1.54, 1.807) is 0 Å². The first-order chi connectivity index (χ1) is 10.4. The SMILES string of the molecule is CCNCCCCOc1ccc2oc3ccccc3c2c1. The van der Waals surface area contributed by atoms with E-state index in [2.05, 4.69) is 24.4 Å². The minimum absolute atomic E-state index is 0.757. The summed E-state index contributed by atoms with van der Waals surface area (Å²) in [4.78, 5) is 0. The van der Waals surface area contributed by atoms with Crippen LogP contribution in [0.4, 0.5) is 0 Å². The van der Waals surface area contributed by atoms with Crippen molar-refractivity contribution in [3.8, 4) is 5.75 Å². The number of ether oxygens (including phenoxy) is 1. The predicted molar refractivity (Wildman–Crippen MR) is 87.0 cm³/mol. The maximum absolute atomic E-state index is 5.84. The molecule has 1 heterocycles. The van der Waals surface area contributed by atoms with Crippen LogP contribution in [0.1, 0.15) is 19.8 Å². The van der Waals surface area contributed by atoms with Crippen molar-refractivity contribution < 1.29 is 9.15 Å². The first kappa shape index (κ1) is 14.0. The predicted octanol–water partition coefficient (Wildman–Crippen LogP) is 4.35. The van der Waals surface area contributed by atoms with Crippen molar-refractivity contribution >= 4 is 21.9 Å². The fourth-order valence-corrected chi connectivity index (χ4v) is 2.51. The molecule has 21 heavy (non-hydrogen) atoms. The molecule has 2 aromatic carbocycles. The first-order valence-corrected chi connectivity index (χ1v) is 7.63. The van der Waals surface area contributed by atoms with Crippen LogP contribution in [0.2, 0.25) is 0 Å². The van der Waals surface area contributed by atoms with Crippen molar-refractivity contribution in [2.24, 2.45) is 0 Å². The van der Waals surface area contributed by atoms with Crippen molar-refractivity contribution in [2.75, 3.05) is 19.7 Å². The summed E-state index contributed by atoms with van der Waals surface area (Å²) in [6, 6.07) is 14.2. The third-order valence-corrected chi connectivity index (χ3v) is 3.61. The molecule has 0 saturated heterocycles. The van der Waals surface area contributed by atoms with Crippen LogP contribution < -0.4 is 10.1 Å². The zero-order chi connectivity index (χ0) is 14.5.